The van der Waals surface area contributed by atoms with Gasteiger partial charge in [0.2, 0.25) is 5.91 Å². The van der Waals surface area contributed by atoms with E-state index in [1.165, 1.54) is 0 Å². The summed E-state index contributed by atoms with van der Waals surface area (Å²) in [5.74, 6) is -2.11. The molecule has 3 amide bonds. The highest BCUT2D eigenvalue weighted by Gasteiger charge is 2.36. The molecule has 0 fully saturated rings. The van der Waals surface area contributed by atoms with Gasteiger partial charge in [0.05, 0.1) is 11.8 Å². The Morgan fingerprint density at radius 1 is 0.889 bits per heavy atom. The SMILES string of the molecule is CC(C)C[C@@H](C(=O)NNC(=O)NCc1ccccc1)[C@H](CC=Cc1ccccc1)C(=O)OC(C)(C)C. The van der Waals surface area contributed by atoms with E-state index in [4.69, 9.17) is 4.74 Å². The van der Waals surface area contributed by atoms with Crippen LogP contribution in [0, 0.1) is 17.8 Å². The zero-order valence-electron chi connectivity index (χ0n) is 21.9. The molecule has 3 N–H and O–H groups in total. The van der Waals surface area contributed by atoms with Crippen molar-refractivity contribution in [1.82, 2.24) is 16.2 Å². The quantitative estimate of drug-likeness (QED) is 0.311. The Morgan fingerprint density at radius 2 is 1.50 bits per heavy atom. The van der Waals surface area contributed by atoms with E-state index in [-0.39, 0.29) is 5.92 Å². The average molecular weight is 494 g/mol. The molecule has 7 heteroatoms. The molecule has 0 aliphatic heterocycles. The second-order valence-corrected chi connectivity index (χ2v) is 10.2. The molecule has 0 aliphatic rings. The predicted octanol–water partition coefficient (Wildman–Crippen LogP) is 5.24. The molecule has 194 valence electrons. The number of nitrogens with one attached hydrogen (secondary N) is 3. The van der Waals surface area contributed by atoms with Gasteiger partial charge in [0, 0.05) is 6.54 Å². The van der Waals surface area contributed by atoms with Gasteiger partial charge in [-0.2, -0.15) is 0 Å². The summed E-state index contributed by atoms with van der Waals surface area (Å²) in [4.78, 5) is 38.7. The highest BCUT2D eigenvalue weighted by Crippen LogP contribution is 2.28. The fourth-order valence-electron chi connectivity index (χ4n) is 3.71. The number of carbonyl (C=O) groups is 3. The minimum Gasteiger partial charge on any atom is -0.460 e. The minimum absolute atomic E-state index is 0.149. The van der Waals surface area contributed by atoms with Crippen LogP contribution in [0.2, 0.25) is 0 Å². The van der Waals surface area contributed by atoms with Gasteiger partial charge in [-0.25, -0.2) is 10.2 Å². The number of allylic oxidation sites excluding steroid dienone is 1. The van der Waals surface area contributed by atoms with Gasteiger partial charge in [0.1, 0.15) is 5.60 Å². The molecule has 0 aliphatic carbocycles. The van der Waals surface area contributed by atoms with Crippen molar-refractivity contribution in [3.8, 4) is 0 Å². The summed E-state index contributed by atoms with van der Waals surface area (Å²) in [5, 5.41) is 2.70. The van der Waals surface area contributed by atoms with Crippen LogP contribution in [0.5, 0.6) is 0 Å². The molecule has 0 bridgehead atoms. The maximum absolute atomic E-state index is 13.2. The number of hydrazine groups is 1. The summed E-state index contributed by atoms with van der Waals surface area (Å²) in [7, 11) is 0. The number of hydrogen-bond acceptors (Lipinski definition) is 4. The second kappa shape index (κ2) is 14.1. The molecule has 0 saturated carbocycles. The van der Waals surface area contributed by atoms with Crippen LogP contribution in [-0.4, -0.2) is 23.5 Å². The molecular weight excluding hydrogens is 454 g/mol. The Bertz CT molecular complexity index is 998. The summed E-state index contributed by atoms with van der Waals surface area (Å²) >= 11 is 0. The third kappa shape index (κ3) is 10.8. The van der Waals surface area contributed by atoms with Crippen molar-refractivity contribution in [3.63, 3.8) is 0 Å². The average Bonchev–Trinajstić information content (AvgIpc) is 2.82. The van der Waals surface area contributed by atoms with Crippen LogP contribution < -0.4 is 16.2 Å². The number of amides is 3. The Balaban J connectivity index is 2.11. The molecule has 2 aromatic rings. The van der Waals surface area contributed by atoms with Crippen molar-refractivity contribution < 1.29 is 19.1 Å². The van der Waals surface area contributed by atoms with E-state index in [9.17, 15) is 14.4 Å². The monoisotopic (exact) mass is 493 g/mol. The minimum atomic E-state index is -0.708. The van der Waals surface area contributed by atoms with Crippen molar-refractivity contribution in [1.29, 1.82) is 0 Å². The van der Waals surface area contributed by atoms with Gasteiger partial charge in [-0.1, -0.05) is 86.7 Å². The standard InChI is InChI=1S/C29H39N3O4/c1-21(2)19-25(26(33)31-32-28(35)30-20-23-15-10-7-11-16-23)24(27(34)36-29(3,4)5)18-12-17-22-13-8-6-9-14-22/h6-17,21,24-25H,18-20H2,1-5H3,(H,31,33)(H2,30,32,35)/t24-,25+/m0/s1. The number of hydrogen-bond donors (Lipinski definition) is 3. The van der Waals surface area contributed by atoms with Crippen LogP contribution in [0.15, 0.2) is 66.7 Å². The molecule has 2 atom stereocenters. The van der Waals surface area contributed by atoms with Gasteiger partial charge in [-0.3, -0.25) is 15.0 Å². The number of urea groups is 1. The van der Waals surface area contributed by atoms with Crippen LogP contribution >= 0.6 is 0 Å². The summed E-state index contributed by atoms with van der Waals surface area (Å²) in [6.07, 6.45) is 4.61. The van der Waals surface area contributed by atoms with E-state index in [0.29, 0.717) is 19.4 Å². The number of rotatable bonds is 10. The summed E-state index contributed by atoms with van der Waals surface area (Å²) in [5.41, 5.74) is 6.16. The normalized spacial score (nSPS) is 13.2. The van der Waals surface area contributed by atoms with Gasteiger partial charge in [-0.15, -0.1) is 0 Å². The number of carbonyl (C=O) groups excluding carboxylic acids is 3. The third-order valence-corrected chi connectivity index (χ3v) is 5.35. The molecule has 0 radical (unpaired) electrons. The van der Waals surface area contributed by atoms with E-state index in [1.54, 1.807) is 20.8 Å². The molecule has 0 saturated heterocycles. The zero-order chi connectivity index (χ0) is 26.6. The highest BCUT2D eigenvalue weighted by molar-refractivity contribution is 5.87. The number of esters is 1. The first-order valence-corrected chi connectivity index (χ1v) is 12.4. The fraction of sp³-hybridized carbons (Fsp3) is 0.414. The lowest BCUT2D eigenvalue weighted by molar-refractivity contribution is -0.164. The van der Waals surface area contributed by atoms with Crippen LogP contribution in [0.3, 0.4) is 0 Å². The zero-order valence-corrected chi connectivity index (χ0v) is 21.9. The van der Waals surface area contributed by atoms with Gasteiger partial charge in [0.15, 0.2) is 0 Å². The molecular formula is C29H39N3O4. The molecule has 7 nitrogen and oxygen atoms in total. The van der Waals surface area contributed by atoms with Crippen LogP contribution in [0.4, 0.5) is 4.79 Å². The third-order valence-electron chi connectivity index (χ3n) is 5.35. The maximum Gasteiger partial charge on any atom is 0.333 e. The van der Waals surface area contributed by atoms with E-state index < -0.39 is 35.3 Å². The Labute approximate surface area is 214 Å². The van der Waals surface area contributed by atoms with Crippen LogP contribution in [0.25, 0.3) is 6.08 Å². The van der Waals surface area contributed by atoms with Gasteiger partial charge >= 0.3 is 12.0 Å². The van der Waals surface area contributed by atoms with Crippen molar-refractivity contribution in [3.05, 3.63) is 77.9 Å². The molecule has 0 aromatic heterocycles. The van der Waals surface area contributed by atoms with Crippen molar-refractivity contribution in [2.24, 2.45) is 17.8 Å². The van der Waals surface area contributed by atoms with Crippen molar-refractivity contribution >= 4 is 24.0 Å². The first kappa shape index (κ1) is 28.6. The molecule has 0 unspecified atom stereocenters. The highest BCUT2D eigenvalue weighted by atomic mass is 16.6. The molecule has 2 rings (SSSR count). The lowest BCUT2D eigenvalue weighted by atomic mass is 9.82. The molecule has 2 aromatic carbocycles. The molecule has 0 heterocycles. The van der Waals surface area contributed by atoms with Gasteiger partial charge < -0.3 is 10.1 Å². The largest absolute Gasteiger partial charge is 0.460 e. The Morgan fingerprint density at radius 3 is 2.08 bits per heavy atom. The van der Waals surface area contributed by atoms with E-state index >= 15 is 0 Å². The maximum atomic E-state index is 13.2. The molecule has 0 spiro atoms. The first-order chi connectivity index (χ1) is 17.0. The lowest BCUT2D eigenvalue weighted by Crippen LogP contribution is -2.50. The lowest BCUT2D eigenvalue weighted by Gasteiger charge is -2.29. The van der Waals surface area contributed by atoms with E-state index in [0.717, 1.165) is 11.1 Å². The van der Waals surface area contributed by atoms with Crippen molar-refractivity contribution in [2.75, 3.05) is 0 Å². The van der Waals surface area contributed by atoms with Crippen molar-refractivity contribution in [2.45, 2.75) is 59.6 Å². The summed E-state index contributed by atoms with van der Waals surface area (Å²) in [6.45, 7) is 9.72. The van der Waals surface area contributed by atoms with Crippen LogP contribution in [-0.2, 0) is 20.9 Å². The van der Waals surface area contributed by atoms with Crippen LogP contribution in [0.1, 0.15) is 58.6 Å². The summed E-state index contributed by atoms with van der Waals surface area (Å²) in [6, 6.07) is 18.7. The molecule has 36 heavy (non-hydrogen) atoms. The van der Waals surface area contributed by atoms with E-state index in [1.807, 2.05) is 86.7 Å². The smallest absolute Gasteiger partial charge is 0.333 e. The number of ether oxygens (including phenoxy) is 1. The number of benzene rings is 2. The van der Waals surface area contributed by atoms with E-state index in [2.05, 4.69) is 16.2 Å². The summed E-state index contributed by atoms with van der Waals surface area (Å²) < 4.78 is 5.68. The predicted molar refractivity (Wildman–Crippen MR) is 142 cm³/mol. The Hall–Kier alpha value is -3.61. The Kier molecular flexibility index (Phi) is 11.2. The topological polar surface area (TPSA) is 96.5 Å². The van der Waals surface area contributed by atoms with Gasteiger partial charge in [0.25, 0.3) is 0 Å². The first-order valence-electron chi connectivity index (χ1n) is 12.4. The van der Waals surface area contributed by atoms with Gasteiger partial charge in [-0.05, 0) is 50.7 Å². The second-order valence-electron chi connectivity index (χ2n) is 10.2. The fourth-order valence-corrected chi connectivity index (χ4v) is 3.71.